The van der Waals surface area contributed by atoms with Gasteiger partial charge in [-0.05, 0) is 36.7 Å². The molecule has 0 aromatic heterocycles. The lowest BCUT2D eigenvalue weighted by Crippen LogP contribution is -2.12. The molecule has 0 spiro atoms. The minimum absolute atomic E-state index is 0.924. The largest absolute Gasteiger partial charge is 0.313 e. The van der Waals surface area contributed by atoms with Crippen molar-refractivity contribution in [3.05, 3.63) is 34.9 Å². The van der Waals surface area contributed by atoms with Gasteiger partial charge in [0.05, 0.1) is 0 Å². The van der Waals surface area contributed by atoms with Crippen LogP contribution < -0.4 is 5.32 Å². The maximum Gasteiger partial charge on any atom is 0.0245 e. The van der Waals surface area contributed by atoms with E-state index in [-0.39, 0.29) is 0 Å². The minimum atomic E-state index is 0.924. The first-order valence-corrected chi connectivity index (χ1v) is 4.54. The van der Waals surface area contributed by atoms with Crippen LogP contribution in [0.2, 0.25) is 0 Å². The molecule has 1 rings (SSSR count). The Kier molecular flexibility index (Phi) is 3.54. The number of aryl methyl sites for hydroxylation is 1. The van der Waals surface area contributed by atoms with Crippen LogP contribution in [-0.2, 0) is 6.54 Å². The predicted molar refractivity (Wildman–Crippen MR) is 56.5 cm³/mol. The molecule has 13 heavy (non-hydrogen) atoms. The van der Waals surface area contributed by atoms with Crippen LogP contribution in [0.4, 0.5) is 0 Å². The van der Waals surface area contributed by atoms with E-state index in [1.807, 2.05) is 12.1 Å². The molecule has 68 valence electrons. The highest BCUT2D eigenvalue weighted by molar-refractivity contribution is 5.39. The molecule has 0 aliphatic rings. The Morgan fingerprint density at radius 2 is 2.23 bits per heavy atom. The third-order valence-electron chi connectivity index (χ3n) is 2.07. The van der Waals surface area contributed by atoms with E-state index < -0.39 is 0 Å². The normalized spacial score (nSPS) is 9.62. The van der Waals surface area contributed by atoms with Gasteiger partial charge < -0.3 is 5.32 Å². The summed E-state index contributed by atoms with van der Waals surface area (Å²) in [6, 6.07) is 6.12. The summed E-state index contributed by atoms with van der Waals surface area (Å²) >= 11 is 0. The van der Waals surface area contributed by atoms with E-state index in [0.29, 0.717) is 0 Å². The first kappa shape index (κ1) is 9.83. The molecule has 0 saturated heterocycles. The van der Waals surface area contributed by atoms with Crippen molar-refractivity contribution in [2.75, 3.05) is 6.54 Å². The first-order valence-electron chi connectivity index (χ1n) is 4.54. The summed E-state index contributed by atoms with van der Waals surface area (Å²) in [5.74, 6) is 2.63. The quantitative estimate of drug-likeness (QED) is 0.690. The van der Waals surface area contributed by atoms with Crippen molar-refractivity contribution in [3.8, 4) is 12.3 Å². The molecule has 0 bridgehead atoms. The molecule has 0 unspecified atom stereocenters. The molecule has 1 heteroatoms. The smallest absolute Gasteiger partial charge is 0.0245 e. The van der Waals surface area contributed by atoms with Gasteiger partial charge in [-0.2, -0.15) is 0 Å². The van der Waals surface area contributed by atoms with Gasteiger partial charge in [-0.25, -0.2) is 0 Å². The summed E-state index contributed by atoms with van der Waals surface area (Å²) in [6.07, 6.45) is 5.30. The van der Waals surface area contributed by atoms with Gasteiger partial charge in [0.2, 0.25) is 0 Å². The fraction of sp³-hybridized carbons (Fsp3) is 0.333. The molecule has 0 radical (unpaired) electrons. The molecule has 0 heterocycles. The second kappa shape index (κ2) is 4.69. The van der Waals surface area contributed by atoms with Crippen LogP contribution in [0.3, 0.4) is 0 Å². The monoisotopic (exact) mass is 173 g/mol. The maximum absolute atomic E-state index is 5.30. The van der Waals surface area contributed by atoms with Crippen molar-refractivity contribution in [2.45, 2.75) is 20.4 Å². The molecule has 1 N–H and O–H groups in total. The van der Waals surface area contributed by atoms with Crippen molar-refractivity contribution in [3.63, 3.8) is 0 Å². The van der Waals surface area contributed by atoms with E-state index in [1.165, 1.54) is 11.1 Å². The zero-order chi connectivity index (χ0) is 9.68. The third kappa shape index (κ3) is 2.61. The van der Waals surface area contributed by atoms with Crippen molar-refractivity contribution in [1.82, 2.24) is 5.32 Å². The molecule has 0 aliphatic carbocycles. The Hall–Kier alpha value is -1.26. The fourth-order valence-corrected chi connectivity index (χ4v) is 1.24. The Balaban J connectivity index is 2.81. The fourth-order valence-electron chi connectivity index (χ4n) is 1.24. The molecule has 1 aromatic rings. The summed E-state index contributed by atoms with van der Waals surface area (Å²) in [5.41, 5.74) is 3.54. The highest BCUT2D eigenvalue weighted by atomic mass is 14.8. The van der Waals surface area contributed by atoms with Crippen LogP contribution in [0, 0.1) is 19.3 Å². The molecular formula is C12H15N. The molecule has 1 aromatic carbocycles. The second-order valence-corrected chi connectivity index (χ2v) is 3.07. The van der Waals surface area contributed by atoms with E-state index >= 15 is 0 Å². The molecule has 0 amide bonds. The summed E-state index contributed by atoms with van der Waals surface area (Å²) in [4.78, 5) is 0. The lowest BCUT2D eigenvalue weighted by atomic mass is 10.1. The topological polar surface area (TPSA) is 12.0 Å². The molecular weight excluding hydrogens is 158 g/mol. The summed E-state index contributed by atoms with van der Waals surface area (Å²) in [7, 11) is 0. The number of nitrogens with one attached hydrogen (secondary N) is 1. The zero-order valence-electron chi connectivity index (χ0n) is 8.22. The highest BCUT2D eigenvalue weighted by Gasteiger charge is 1.97. The van der Waals surface area contributed by atoms with Crippen LogP contribution in [0.25, 0.3) is 0 Å². The number of benzene rings is 1. The average Bonchev–Trinajstić information content (AvgIpc) is 2.16. The number of hydrogen-bond acceptors (Lipinski definition) is 1. The molecule has 0 fully saturated rings. The minimum Gasteiger partial charge on any atom is -0.313 e. The highest BCUT2D eigenvalue weighted by Crippen LogP contribution is 2.09. The summed E-state index contributed by atoms with van der Waals surface area (Å²) in [6.45, 7) is 6.11. The lowest BCUT2D eigenvalue weighted by Gasteiger charge is -2.06. The Morgan fingerprint density at radius 1 is 1.46 bits per heavy atom. The van der Waals surface area contributed by atoms with Crippen LogP contribution >= 0.6 is 0 Å². The Labute approximate surface area is 80.2 Å². The van der Waals surface area contributed by atoms with Gasteiger partial charge in [-0.1, -0.05) is 18.9 Å². The predicted octanol–water partition coefficient (Wildman–Crippen LogP) is 2.09. The summed E-state index contributed by atoms with van der Waals surface area (Å²) < 4.78 is 0. The van der Waals surface area contributed by atoms with Crippen molar-refractivity contribution < 1.29 is 0 Å². The van der Waals surface area contributed by atoms with Crippen molar-refractivity contribution in [1.29, 1.82) is 0 Å². The maximum atomic E-state index is 5.30. The SMILES string of the molecule is C#Cc1ccc(CNCC)c(C)c1. The van der Waals surface area contributed by atoms with Crippen LogP contribution in [0.5, 0.6) is 0 Å². The average molecular weight is 173 g/mol. The van der Waals surface area contributed by atoms with E-state index in [2.05, 4.69) is 31.2 Å². The number of terminal acetylenes is 1. The van der Waals surface area contributed by atoms with Crippen LogP contribution in [-0.4, -0.2) is 6.54 Å². The Morgan fingerprint density at radius 3 is 2.77 bits per heavy atom. The van der Waals surface area contributed by atoms with E-state index in [9.17, 15) is 0 Å². The number of rotatable bonds is 3. The van der Waals surface area contributed by atoms with Crippen molar-refractivity contribution >= 4 is 0 Å². The third-order valence-corrected chi connectivity index (χ3v) is 2.07. The standard InChI is InChI=1S/C12H15N/c1-4-11-6-7-12(9-13-5-2)10(3)8-11/h1,6-8,13H,5,9H2,2-3H3. The molecule has 0 atom stereocenters. The van der Waals surface area contributed by atoms with Crippen molar-refractivity contribution in [2.24, 2.45) is 0 Å². The second-order valence-electron chi connectivity index (χ2n) is 3.07. The van der Waals surface area contributed by atoms with Gasteiger partial charge in [-0.3, -0.25) is 0 Å². The van der Waals surface area contributed by atoms with E-state index in [1.54, 1.807) is 0 Å². The number of hydrogen-bond donors (Lipinski definition) is 1. The van der Waals surface area contributed by atoms with Gasteiger partial charge >= 0.3 is 0 Å². The van der Waals surface area contributed by atoms with Crippen LogP contribution in [0.15, 0.2) is 18.2 Å². The Bertz CT molecular complexity index is 320. The van der Waals surface area contributed by atoms with Gasteiger partial charge in [0, 0.05) is 12.1 Å². The van der Waals surface area contributed by atoms with Gasteiger partial charge in [-0.15, -0.1) is 6.42 Å². The zero-order valence-corrected chi connectivity index (χ0v) is 8.22. The lowest BCUT2D eigenvalue weighted by molar-refractivity contribution is 0.723. The molecule has 0 aliphatic heterocycles. The van der Waals surface area contributed by atoms with E-state index in [4.69, 9.17) is 6.42 Å². The van der Waals surface area contributed by atoms with Crippen LogP contribution in [0.1, 0.15) is 23.6 Å². The summed E-state index contributed by atoms with van der Waals surface area (Å²) in [5, 5.41) is 3.29. The van der Waals surface area contributed by atoms with Gasteiger partial charge in [0.1, 0.15) is 0 Å². The van der Waals surface area contributed by atoms with Gasteiger partial charge in [0.15, 0.2) is 0 Å². The molecule has 1 nitrogen and oxygen atoms in total. The molecule has 0 saturated carbocycles. The van der Waals surface area contributed by atoms with E-state index in [0.717, 1.165) is 18.7 Å². The first-order chi connectivity index (χ1) is 6.27. The van der Waals surface area contributed by atoms with Gasteiger partial charge in [0.25, 0.3) is 0 Å².